The molecule has 1 fully saturated rings. The van der Waals surface area contributed by atoms with Crippen molar-refractivity contribution in [3.8, 4) is 5.75 Å². The first-order valence-corrected chi connectivity index (χ1v) is 12.1. The lowest BCUT2D eigenvalue weighted by atomic mass is 10.1. The van der Waals surface area contributed by atoms with Crippen LogP contribution in [0.2, 0.25) is 0 Å². The second-order valence-electron chi connectivity index (χ2n) is 6.89. The standard InChI is InChI=1S/C21H23N3O5S2/c1-3-24(21-22-17-6-4-5-7-19(17)30-21)20(25)16-14-15(8-9-18(16)28-2)31(26,27)23-10-12-29-13-11-23/h4-9,14H,3,10-13H2,1-2H3. The summed E-state index contributed by atoms with van der Waals surface area (Å²) in [5, 5.41) is 0.553. The van der Waals surface area contributed by atoms with E-state index in [1.54, 1.807) is 0 Å². The van der Waals surface area contributed by atoms with Gasteiger partial charge in [-0.05, 0) is 37.3 Å². The number of hydrogen-bond donors (Lipinski definition) is 0. The zero-order valence-electron chi connectivity index (χ0n) is 17.3. The topological polar surface area (TPSA) is 89.0 Å². The molecule has 0 spiro atoms. The molecule has 0 unspecified atom stereocenters. The number of hydrogen-bond acceptors (Lipinski definition) is 7. The number of ether oxygens (including phenoxy) is 2. The monoisotopic (exact) mass is 461 g/mol. The molecule has 1 saturated heterocycles. The summed E-state index contributed by atoms with van der Waals surface area (Å²) in [5.41, 5.74) is 0.988. The molecule has 10 heteroatoms. The molecule has 2 aromatic carbocycles. The third kappa shape index (κ3) is 4.16. The number of carbonyl (C=O) groups excluding carboxylic acids is 1. The molecule has 1 amide bonds. The van der Waals surface area contributed by atoms with Crippen LogP contribution in [-0.2, 0) is 14.8 Å². The number of amides is 1. The average molecular weight is 462 g/mol. The molecule has 8 nitrogen and oxygen atoms in total. The molecule has 164 valence electrons. The van der Waals surface area contributed by atoms with E-state index in [1.807, 2.05) is 31.2 Å². The number of thiazole rings is 1. The number of aromatic nitrogens is 1. The third-order valence-corrected chi connectivity index (χ3v) is 8.04. The molecule has 2 heterocycles. The number of fused-ring (bicyclic) bond motifs is 1. The first kappa shape index (κ1) is 21.7. The van der Waals surface area contributed by atoms with Gasteiger partial charge in [-0.15, -0.1) is 0 Å². The maximum absolute atomic E-state index is 13.5. The Morgan fingerprint density at radius 2 is 1.97 bits per heavy atom. The highest BCUT2D eigenvalue weighted by Crippen LogP contribution is 2.32. The SMILES string of the molecule is CCN(C(=O)c1cc(S(=O)(=O)N2CCOCC2)ccc1OC)c1nc2ccccc2s1. The summed E-state index contributed by atoms with van der Waals surface area (Å²) in [4.78, 5) is 19.6. The molecule has 4 rings (SSSR count). The zero-order chi connectivity index (χ0) is 22.0. The molecule has 0 N–H and O–H groups in total. The van der Waals surface area contributed by atoms with E-state index in [4.69, 9.17) is 9.47 Å². The van der Waals surface area contributed by atoms with E-state index < -0.39 is 10.0 Å². The van der Waals surface area contributed by atoms with Crippen molar-refractivity contribution >= 4 is 42.6 Å². The van der Waals surface area contributed by atoms with Crippen LogP contribution in [-0.4, -0.2) is 63.6 Å². The lowest BCUT2D eigenvalue weighted by Gasteiger charge is -2.26. The fraction of sp³-hybridized carbons (Fsp3) is 0.333. The van der Waals surface area contributed by atoms with Gasteiger partial charge in [-0.25, -0.2) is 13.4 Å². The van der Waals surface area contributed by atoms with Gasteiger partial charge in [-0.1, -0.05) is 23.5 Å². The maximum atomic E-state index is 13.5. The number of para-hydroxylation sites is 1. The Hall–Kier alpha value is -2.53. The summed E-state index contributed by atoms with van der Waals surface area (Å²) >= 11 is 1.41. The van der Waals surface area contributed by atoms with Crippen molar-refractivity contribution in [3.63, 3.8) is 0 Å². The Morgan fingerprint density at radius 3 is 2.65 bits per heavy atom. The Morgan fingerprint density at radius 1 is 1.23 bits per heavy atom. The van der Waals surface area contributed by atoms with Crippen molar-refractivity contribution < 1.29 is 22.7 Å². The van der Waals surface area contributed by atoms with Gasteiger partial charge < -0.3 is 9.47 Å². The number of anilines is 1. The van der Waals surface area contributed by atoms with E-state index in [1.165, 1.54) is 45.9 Å². The van der Waals surface area contributed by atoms with Gasteiger partial charge >= 0.3 is 0 Å². The minimum Gasteiger partial charge on any atom is -0.496 e. The molecule has 0 atom stereocenters. The number of morpholine rings is 1. The number of methoxy groups -OCH3 is 1. The summed E-state index contributed by atoms with van der Waals surface area (Å²) in [5.74, 6) is -0.0528. The summed E-state index contributed by atoms with van der Waals surface area (Å²) < 4.78 is 39.1. The van der Waals surface area contributed by atoms with E-state index in [9.17, 15) is 13.2 Å². The normalized spacial score (nSPS) is 15.2. The fourth-order valence-corrected chi connectivity index (χ4v) is 5.90. The number of nitrogens with zero attached hydrogens (tertiary/aromatic N) is 3. The molecule has 1 aromatic heterocycles. The van der Waals surface area contributed by atoms with Gasteiger partial charge in [0, 0.05) is 19.6 Å². The first-order valence-electron chi connectivity index (χ1n) is 9.89. The third-order valence-electron chi connectivity index (χ3n) is 5.08. The van der Waals surface area contributed by atoms with Gasteiger partial charge in [-0.2, -0.15) is 4.31 Å². The van der Waals surface area contributed by atoms with Crippen LogP contribution in [0.25, 0.3) is 10.2 Å². The van der Waals surface area contributed by atoms with Crippen LogP contribution in [0.15, 0.2) is 47.4 Å². The van der Waals surface area contributed by atoms with E-state index in [-0.39, 0.29) is 29.5 Å². The molecular formula is C21H23N3O5S2. The molecule has 3 aromatic rings. The largest absolute Gasteiger partial charge is 0.496 e. The van der Waals surface area contributed by atoms with E-state index in [0.29, 0.717) is 30.6 Å². The van der Waals surface area contributed by atoms with Crippen LogP contribution in [0.3, 0.4) is 0 Å². The van der Waals surface area contributed by atoms with Gasteiger partial charge in [0.1, 0.15) is 5.75 Å². The molecule has 0 bridgehead atoms. The minimum atomic E-state index is -3.75. The number of sulfonamides is 1. The zero-order valence-corrected chi connectivity index (χ0v) is 18.9. The van der Waals surface area contributed by atoms with Crippen molar-refractivity contribution in [3.05, 3.63) is 48.0 Å². The van der Waals surface area contributed by atoms with Crippen molar-refractivity contribution in [1.29, 1.82) is 0 Å². The van der Waals surface area contributed by atoms with Crippen LogP contribution in [0.5, 0.6) is 5.75 Å². The van der Waals surface area contributed by atoms with Crippen LogP contribution < -0.4 is 9.64 Å². The van der Waals surface area contributed by atoms with Crippen LogP contribution >= 0.6 is 11.3 Å². The van der Waals surface area contributed by atoms with Crippen molar-refractivity contribution in [1.82, 2.24) is 9.29 Å². The van der Waals surface area contributed by atoms with Gasteiger partial charge in [0.05, 0.1) is 41.0 Å². The molecule has 0 radical (unpaired) electrons. The van der Waals surface area contributed by atoms with Crippen molar-refractivity contribution in [2.45, 2.75) is 11.8 Å². The molecule has 31 heavy (non-hydrogen) atoms. The van der Waals surface area contributed by atoms with Crippen LogP contribution in [0.4, 0.5) is 5.13 Å². The smallest absolute Gasteiger partial charge is 0.263 e. The lowest BCUT2D eigenvalue weighted by molar-refractivity contribution is 0.0730. The summed E-state index contributed by atoms with van der Waals surface area (Å²) in [7, 11) is -2.29. The maximum Gasteiger partial charge on any atom is 0.263 e. The summed E-state index contributed by atoms with van der Waals surface area (Å²) in [6.45, 7) is 3.49. The molecule has 1 aliphatic rings. The fourth-order valence-electron chi connectivity index (χ4n) is 3.44. The van der Waals surface area contributed by atoms with Gasteiger partial charge in [0.25, 0.3) is 5.91 Å². The number of carbonyl (C=O) groups is 1. The highest BCUT2D eigenvalue weighted by Gasteiger charge is 2.29. The van der Waals surface area contributed by atoms with E-state index in [2.05, 4.69) is 4.98 Å². The predicted octanol–water partition coefficient (Wildman–Crippen LogP) is 2.99. The van der Waals surface area contributed by atoms with E-state index >= 15 is 0 Å². The summed E-state index contributed by atoms with van der Waals surface area (Å²) in [6, 6.07) is 12.0. The molecule has 0 saturated carbocycles. The first-order chi connectivity index (χ1) is 15.0. The van der Waals surface area contributed by atoms with Crippen LogP contribution in [0, 0.1) is 0 Å². The highest BCUT2D eigenvalue weighted by atomic mass is 32.2. The summed E-state index contributed by atoms with van der Waals surface area (Å²) in [6.07, 6.45) is 0. The van der Waals surface area contributed by atoms with Gasteiger partial charge in [0.15, 0.2) is 5.13 Å². The predicted molar refractivity (Wildman–Crippen MR) is 120 cm³/mol. The molecular weight excluding hydrogens is 438 g/mol. The van der Waals surface area contributed by atoms with Gasteiger partial charge in [0.2, 0.25) is 10.0 Å². The Labute approximate surface area is 185 Å². The second-order valence-corrected chi connectivity index (χ2v) is 9.84. The van der Waals surface area contributed by atoms with Gasteiger partial charge in [-0.3, -0.25) is 9.69 Å². The highest BCUT2D eigenvalue weighted by molar-refractivity contribution is 7.89. The van der Waals surface area contributed by atoms with Crippen LogP contribution in [0.1, 0.15) is 17.3 Å². The van der Waals surface area contributed by atoms with E-state index in [0.717, 1.165) is 10.2 Å². The quantitative estimate of drug-likeness (QED) is 0.561. The van der Waals surface area contributed by atoms with Crippen molar-refractivity contribution in [2.24, 2.45) is 0 Å². The van der Waals surface area contributed by atoms with Crippen molar-refractivity contribution in [2.75, 3.05) is 44.9 Å². The Kier molecular flexibility index (Phi) is 6.24. The number of rotatable bonds is 6. The molecule has 0 aliphatic carbocycles. The average Bonchev–Trinajstić information content (AvgIpc) is 3.23. The lowest BCUT2D eigenvalue weighted by Crippen LogP contribution is -2.40. The minimum absolute atomic E-state index is 0.0545. The Balaban J connectivity index is 1.72. The number of benzene rings is 2. The Bertz CT molecular complexity index is 1170. The second kappa shape index (κ2) is 8.91. The molecule has 1 aliphatic heterocycles.